The second-order valence-corrected chi connectivity index (χ2v) is 10.8. The number of amides is 1. The van der Waals surface area contributed by atoms with E-state index in [9.17, 15) is 4.79 Å². The summed E-state index contributed by atoms with van der Waals surface area (Å²) in [5.41, 5.74) is 3.69. The van der Waals surface area contributed by atoms with Crippen molar-refractivity contribution in [1.82, 2.24) is 14.9 Å². The number of benzene rings is 2. The molecule has 3 aromatic rings. The van der Waals surface area contributed by atoms with Gasteiger partial charge in [-0.1, -0.05) is 41.6 Å². The lowest BCUT2D eigenvalue weighted by Crippen LogP contribution is -2.49. The molecule has 2 aliphatic heterocycles. The summed E-state index contributed by atoms with van der Waals surface area (Å²) < 4.78 is 5.27. The fourth-order valence-electron chi connectivity index (χ4n) is 4.93. The topological polar surface area (TPSA) is 65.0 Å². The largest absolute Gasteiger partial charge is 0.497 e. The fourth-order valence-corrected chi connectivity index (χ4v) is 5.92. The van der Waals surface area contributed by atoms with E-state index >= 15 is 0 Å². The van der Waals surface area contributed by atoms with Crippen LogP contribution in [0.5, 0.6) is 5.75 Å². The third-order valence-electron chi connectivity index (χ3n) is 7.12. The van der Waals surface area contributed by atoms with Crippen molar-refractivity contribution in [2.24, 2.45) is 0 Å². The lowest BCUT2D eigenvalue weighted by atomic mass is 10.1. The van der Waals surface area contributed by atoms with Crippen LogP contribution in [0.15, 0.2) is 59.8 Å². The van der Waals surface area contributed by atoms with Crippen molar-refractivity contribution in [2.75, 3.05) is 79.9 Å². The summed E-state index contributed by atoms with van der Waals surface area (Å²) in [6.45, 7) is 8.64. The number of halogens is 1. The van der Waals surface area contributed by atoms with Gasteiger partial charge in [0, 0.05) is 69.8 Å². The van der Waals surface area contributed by atoms with E-state index in [1.165, 1.54) is 28.7 Å². The number of carbonyl (C=O) groups excluding carboxylic acids is 1. The lowest BCUT2D eigenvalue weighted by Gasteiger charge is -2.37. The molecule has 3 heterocycles. The van der Waals surface area contributed by atoms with Crippen LogP contribution >= 0.6 is 23.4 Å². The zero-order chi connectivity index (χ0) is 26.5. The molecule has 0 radical (unpaired) electrons. The summed E-state index contributed by atoms with van der Waals surface area (Å²) in [5, 5.41) is 0.936. The third-order valence-corrected chi connectivity index (χ3v) is 8.14. The maximum atomic E-state index is 12.9. The molecule has 8 nitrogen and oxygen atoms in total. The quantitative estimate of drug-likeness (QED) is 0.245. The molecule has 1 aromatic heterocycles. The van der Waals surface area contributed by atoms with Gasteiger partial charge in [-0.25, -0.2) is 9.97 Å². The Morgan fingerprint density at radius 1 is 0.895 bits per heavy atom. The van der Waals surface area contributed by atoms with Crippen LogP contribution in [0.25, 0.3) is 0 Å². The highest BCUT2D eigenvalue weighted by Gasteiger charge is 2.23. The van der Waals surface area contributed by atoms with Gasteiger partial charge in [-0.3, -0.25) is 4.79 Å². The number of aryl methyl sites for hydroxylation is 1. The van der Waals surface area contributed by atoms with Crippen molar-refractivity contribution in [2.45, 2.75) is 12.1 Å². The van der Waals surface area contributed by atoms with Gasteiger partial charge >= 0.3 is 0 Å². The minimum Gasteiger partial charge on any atom is -0.497 e. The Morgan fingerprint density at radius 3 is 2.24 bits per heavy atom. The van der Waals surface area contributed by atoms with Crippen molar-refractivity contribution < 1.29 is 9.53 Å². The van der Waals surface area contributed by atoms with Crippen LogP contribution in [-0.2, 0) is 4.79 Å². The van der Waals surface area contributed by atoms with Gasteiger partial charge in [0.25, 0.3) is 0 Å². The van der Waals surface area contributed by atoms with Crippen LogP contribution in [0.2, 0.25) is 5.15 Å². The van der Waals surface area contributed by atoms with Gasteiger partial charge in [-0.05, 0) is 42.8 Å². The highest BCUT2D eigenvalue weighted by Crippen LogP contribution is 2.26. The third kappa shape index (κ3) is 6.27. The molecular formula is C28H33ClN6O2S. The van der Waals surface area contributed by atoms with E-state index in [0.717, 1.165) is 50.8 Å². The molecule has 2 fully saturated rings. The molecule has 0 saturated carbocycles. The van der Waals surface area contributed by atoms with Crippen LogP contribution in [0.4, 0.5) is 17.2 Å². The molecule has 2 aliphatic rings. The van der Waals surface area contributed by atoms with Gasteiger partial charge in [0.2, 0.25) is 5.91 Å². The molecule has 2 aromatic carbocycles. The van der Waals surface area contributed by atoms with Gasteiger partial charge < -0.3 is 24.3 Å². The number of nitrogens with zero attached hydrogens (tertiary/aromatic N) is 6. The van der Waals surface area contributed by atoms with E-state index in [1.54, 1.807) is 13.2 Å². The van der Waals surface area contributed by atoms with E-state index in [2.05, 4.69) is 63.0 Å². The van der Waals surface area contributed by atoms with Crippen molar-refractivity contribution in [3.63, 3.8) is 0 Å². The maximum absolute atomic E-state index is 12.9. The smallest absolute Gasteiger partial charge is 0.233 e. The van der Waals surface area contributed by atoms with Gasteiger partial charge in [-0.2, -0.15) is 0 Å². The Balaban J connectivity index is 1.13. The number of hydrogen-bond acceptors (Lipinski definition) is 8. The highest BCUT2D eigenvalue weighted by molar-refractivity contribution is 7.99. The zero-order valence-electron chi connectivity index (χ0n) is 21.8. The van der Waals surface area contributed by atoms with E-state index < -0.39 is 0 Å². The first-order valence-corrected chi connectivity index (χ1v) is 14.3. The van der Waals surface area contributed by atoms with Crippen LogP contribution in [-0.4, -0.2) is 86.0 Å². The monoisotopic (exact) mass is 552 g/mol. The molecule has 5 rings (SSSR count). The van der Waals surface area contributed by atoms with Crippen molar-refractivity contribution in [3.8, 4) is 5.75 Å². The van der Waals surface area contributed by atoms with E-state index in [0.29, 0.717) is 29.2 Å². The molecule has 38 heavy (non-hydrogen) atoms. The SMILES string of the molecule is COc1ccc(N2CCN(c3cc(Cl)nc(SCC(=O)N4CCN(c5ccccc5C)CC4)n3)CC2)cc1. The standard InChI is InChI=1S/C28H33ClN6O2S/c1-21-5-3-4-6-24(21)33-13-17-35(18-14-33)27(36)20-38-28-30-25(29)19-26(31-28)34-15-11-32(12-16-34)22-7-9-23(37-2)10-8-22/h3-10,19H,11-18,20H2,1-2H3. The molecule has 0 spiro atoms. The number of hydrogen-bond donors (Lipinski definition) is 0. The number of ether oxygens (including phenoxy) is 1. The number of para-hydroxylation sites is 1. The van der Waals surface area contributed by atoms with Crippen LogP contribution < -0.4 is 19.4 Å². The Morgan fingerprint density at radius 2 is 1.55 bits per heavy atom. The zero-order valence-corrected chi connectivity index (χ0v) is 23.4. The van der Waals surface area contributed by atoms with Gasteiger partial charge in [0.15, 0.2) is 5.16 Å². The summed E-state index contributed by atoms with van der Waals surface area (Å²) >= 11 is 7.71. The Bertz CT molecular complexity index is 1240. The predicted molar refractivity (Wildman–Crippen MR) is 155 cm³/mol. The molecule has 10 heteroatoms. The van der Waals surface area contributed by atoms with Gasteiger partial charge in [0.1, 0.15) is 16.7 Å². The number of rotatable bonds is 7. The van der Waals surface area contributed by atoms with Crippen LogP contribution in [0.1, 0.15) is 5.56 Å². The number of carbonyl (C=O) groups is 1. The van der Waals surface area contributed by atoms with Crippen molar-refractivity contribution >= 4 is 46.5 Å². The van der Waals surface area contributed by atoms with Gasteiger partial charge in [0.05, 0.1) is 12.9 Å². The average Bonchev–Trinajstić information content (AvgIpc) is 2.96. The fraction of sp³-hybridized carbons (Fsp3) is 0.393. The van der Waals surface area contributed by atoms with E-state index in [1.807, 2.05) is 17.0 Å². The second kappa shape index (κ2) is 12.1. The van der Waals surface area contributed by atoms with Crippen molar-refractivity contribution in [1.29, 1.82) is 0 Å². The van der Waals surface area contributed by atoms with Gasteiger partial charge in [-0.15, -0.1) is 0 Å². The molecule has 0 aliphatic carbocycles. The Kier molecular flexibility index (Phi) is 8.44. The second-order valence-electron chi connectivity index (χ2n) is 9.45. The first-order chi connectivity index (χ1) is 18.5. The number of anilines is 3. The molecule has 2 saturated heterocycles. The van der Waals surface area contributed by atoms with E-state index in [-0.39, 0.29) is 5.91 Å². The minimum absolute atomic E-state index is 0.109. The first-order valence-electron chi connectivity index (χ1n) is 12.9. The van der Waals surface area contributed by atoms with Crippen LogP contribution in [0, 0.1) is 6.92 Å². The molecule has 0 N–H and O–H groups in total. The van der Waals surface area contributed by atoms with E-state index in [4.69, 9.17) is 21.3 Å². The molecule has 0 atom stereocenters. The van der Waals surface area contributed by atoms with Crippen molar-refractivity contribution in [3.05, 3.63) is 65.3 Å². The summed E-state index contributed by atoms with van der Waals surface area (Å²) in [6.07, 6.45) is 0. The molecule has 200 valence electrons. The highest BCUT2D eigenvalue weighted by atomic mass is 35.5. The summed E-state index contributed by atoms with van der Waals surface area (Å²) in [5.74, 6) is 2.07. The molecule has 0 bridgehead atoms. The van der Waals surface area contributed by atoms with Crippen LogP contribution in [0.3, 0.4) is 0 Å². The number of methoxy groups -OCH3 is 1. The number of piperazine rings is 2. The Hall–Kier alpha value is -3.17. The first kappa shape index (κ1) is 26.4. The lowest BCUT2D eigenvalue weighted by molar-refractivity contribution is -0.128. The number of aromatic nitrogens is 2. The molecular weight excluding hydrogens is 520 g/mol. The minimum atomic E-state index is 0.109. The average molecular weight is 553 g/mol. The normalized spacial score (nSPS) is 16.1. The molecule has 1 amide bonds. The number of thioether (sulfide) groups is 1. The summed E-state index contributed by atoms with van der Waals surface area (Å²) in [4.78, 5) is 30.9. The Labute approximate surface area is 233 Å². The summed E-state index contributed by atoms with van der Waals surface area (Å²) in [7, 11) is 1.68. The molecule has 0 unspecified atom stereocenters. The summed E-state index contributed by atoms with van der Waals surface area (Å²) in [6, 6.07) is 18.4. The predicted octanol–water partition coefficient (Wildman–Crippen LogP) is 4.21. The maximum Gasteiger partial charge on any atom is 0.233 e.